The van der Waals surface area contributed by atoms with Crippen molar-refractivity contribution < 1.29 is 14.0 Å². The molecular weight excluding hydrogens is 317 g/mol. The lowest BCUT2D eigenvalue weighted by molar-refractivity contribution is -0.125. The van der Waals surface area contributed by atoms with Crippen molar-refractivity contribution in [2.45, 2.75) is 19.8 Å². The van der Waals surface area contributed by atoms with Crippen LogP contribution in [0.1, 0.15) is 19.0 Å². The van der Waals surface area contributed by atoms with E-state index in [0.717, 1.165) is 17.0 Å². The Morgan fingerprint density at radius 2 is 1.91 bits per heavy atom. The second-order valence-electron chi connectivity index (χ2n) is 4.95. The van der Waals surface area contributed by atoms with Crippen molar-refractivity contribution in [1.82, 2.24) is 15.6 Å². The molecule has 5 nitrogen and oxygen atoms in total. The van der Waals surface area contributed by atoms with Gasteiger partial charge in [-0.3, -0.25) is 9.59 Å². The van der Waals surface area contributed by atoms with E-state index in [4.69, 9.17) is 0 Å². The Bertz CT molecular complexity index is 670. The first-order chi connectivity index (χ1) is 11.1. The van der Waals surface area contributed by atoms with Gasteiger partial charge in [0, 0.05) is 17.5 Å². The van der Waals surface area contributed by atoms with E-state index in [1.807, 2.05) is 6.92 Å². The highest BCUT2D eigenvalue weighted by Gasteiger charge is 2.10. The third-order valence-electron chi connectivity index (χ3n) is 3.00. The van der Waals surface area contributed by atoms with Crippen LogP contribution in [0.25, 0.3) is 10.6 Å². The van der Waals surface area contributed by atoms with Crippen LogP contribution in [0.4, 0.5) is 4.39 Å². The third kappa shape index (κ3) is 5.45. The van der Waals surface area contributed by atoms with Crippen LogP contribution in [0.2, 0.25) is 0 Å². The summed E-state index contributed by atoms with van der Waals surface area (Å²) in [5, 5.41) is 7.76. The van der Waals surface area contributed by atoms with Crippen molar-refractivity contribution in [3.8, 4) is 10.6 Å². The molecule has 1 aromatic carbocycles. The lowest BCUT2D eigenvalue weighted by Crippen LogP contribution is -2.37. The molecule has 0 radical (unpaired) electrons. The fraction of sp³-hybridized carbons (Fsp3) is 0.312. The second-order valence-corrected chi connectivity index (χ2v) is 5.81. The summed E-state index contributed by atoms with van der Waals surface area (Å²) in [5.74, 6) is -0.760. The summed E-state index contributed by atoms with van der Waals surface area (Å²) in [5.41, 5.74) is 1.43. The highest BCUT2D eigenvalue weighted by atomic mass is 32.1. The van der Waals surface area contributed by atoms with E-state index < -0.39 is 0 Å². The number of nitrogens with zero attached hydrogens (tertiary/aromatic N) is 1. The summed E-state index contributed by atoms with van der Waals surface area (Å²) < 4.78 is 12.9. The van der Waals surface area contributed by atoms with E-state index in [-0.39, 0.29) is 30.6 Å². The molecule has 2 amide bonds. The highest BCUT2D eigenvalue weighted by Crippen LogP contribution is 2.23. The van der Waals surface area contributed by atoms with Gasteiger partial charge in [-0.25, -0.2) is 9.37 Å². The van der Waals surface area contributed by atoms with Crippen molar-refractivity contribution in [3.05, 3.63) is 41.2 Å². The average molecular weight is 335 g/mol. The number of aromatic nitrogens is 1. The van der Waals surface area contributed by atoms with Crippen molar-refractivity contribution in [3.63, 3.8) is 0 Å². The molecule has 2 N–H and O–H groups in total. The van der Waals surface area contributed by atoms with E-state index in [0.29, 0.717) is 12.2 Å². The number of hydrogen-bond acceptors (Lipinski definition) is 4. The maximum Gasteiger partial charge on any atom is 0.239 e. The van der Waals surface area contributed by atoms with Crippen LogP contribution in [-0.4, -0.2) is 29.9 Å². The van der Waals surface area contributed by atoms with Gasteiger partial charge in [0.2, 0.25) is 11.8 Å². The van der Waals surface area contributed by atoms with Gasteiger partial charge in [-0.05, 0) is 30.7 Å². The van der Waals surface area contributed by atoms with E-state index in [1.165, 1.54) is 23.5 Å². The van der Waals surface area contributed by atoms with Crippen LogP contribution in [0.15, 0.2) is 29.6 Å². The summed E-state index contributed by atoms with van der Waals surface area (Å²) in [6.45, 7) is 2.52. The molecule has 0 bridgehead atoms. The zero-order chi connectivity index (χ0) is 16.7. The molecule has 0 unspecified atom stereocenters. The quantitative estimate of drug-likeness (QED) is 0.814. The molecule has 0 aliphatic heterocycles. The molecule has 1 aromatic heterocycles. The van der Waals surface area contributed by atoms with Gasteiger partial charge in [-0.1, -0.05) is 6.92 Å². The van der Waals surface area contributed by atoms with Crippen LogP contribution in [0, 0.1) is 5.82 Å². The Hall–Kier alpha value is -2.28. The minimum Gasteiger partial charge on any atom is -0.355 e. The zero-order valence-electron chi connectivity index (χ0n) is 12.8. The largest absolute Gasteiger partial charge is 0.355 e. The van der Waals surface area contributed by atoms with Crippen LogP contribution in [-0.2, 0) is 16.0 Å². The molecule has 0 aliphatic carbocycles. The summed E-state index contributed by atoms with van der Waals surface area (Å²) in [4.78, 5) is 27.6. The first-order valence-corrected chi connectivity index (χ1v) is 8.20. The number of thiazole rings is 1. The Balaban J connectivity index is 1.85. The molecule has 0 atom stereocenters. The van der Waals surface area contributed by atoms with Gasteiger partial charge in [0.15, 0.2) is 0 Å². The Labute approximate surface area is 137 Å². The van der Waals surface area contributed by atoms with E-state index >= 15 is 0 Å². The molecule has 2 rings (SSSR count). The van der Waals surface area contributed by atoms with Crippen molar-refractivity contribution >= 4 is 23.2 Å². The van der Waals surface area contributed by atoms with Gasteiger partial charge in [0.05, 0.1) is 18.7 Å². The topological polar surface area (TPSA) is 71.1 Å². The number of carbonyl (C=O) groups is 2. The van der Waals surface area contributed by atoms with Gasteiger partial charge in [0.25, 0.3) is 0 Å². The maximum atomic E-state index is 12.9. The molecule has 0 fully saturated rings. The number of carbonyl (C=O) groups excluding carboxylic acids is 2. The SMILES string of the molecule is CCCNC(=O)CNC(=O)Cc1csc(-c2ccc(F)cc2)n1. The molecule has 0 saturated heterocycles. The Morgan fingerprint density at radius 3 is 2.61 bits per heavy atom. The summed E-state index contributed by atoms with van der Waals surface area (Å²) >= 11 is 1.39. The molecule has 1 heterocycles. The Kier molecular flexibility index (Phi) is 6.22. The fourth-order valence-corrected chi connectivity index (χ4v) is 2.67. The third-order valence-corrected chi connectivity index (χ3v) is 3.94. The van der Waals surface area contributed by atoms with Gasteiger partial charge in [-0.2, -0.15) is 0 Å². The fourth-order valence-electron chi connectivity index (χ4n) is 1.85. The molecule has 0 saturated carbocycles. The highest BCUT2D eigenvalue weighted by molar-refractivity contribution is 7.13. The van der Waals surface area contributed by atoms with Crippen LogP contribution in [0.3, 0.4) is 0 Å². The predicted molar refractivity (Wildman–Crippen MR) is 87.5 cm³/mol. The Morgan fingerprint density at radius 1 is 1.17 bits per heavy atom. The molecular formula is C16H18FN3O2S. The smallest absolute Gasteiger partial charge is 0.239 e. The predicted octanol–water partition coefficient (Wildman–Crippen LogP) is 2.13. The van der Waals surface area contributed by atoms with Crippen molar-refractivity contribution in [2.24, 2.45) is 0 Å². The normalized spacial score (nSPS) is 10.3. The van der Waals surface area contributed by atoms with E-state index in [1.54, 1.807) is 17.5 Å². The number of halogens is 1. The van der Waals surface area contributed by atoms with Gasteiger partial charge in [0.1, 0.15) is 10.8 Å². The summed E-state index contributed by atoms with van der Waals surface area (Å²) in [6, 6.07) is 6.04. The average Bonchev–Trinajstić information content (AvgIpc) is 3.00. The minimum absolute atomic E-state index is 0.0339. The van der Waals surface area contributed by atoms with Crippen molar-refractivity contribution in [2.75, 3.05) is 13.1 Å². The first kappa shape index (κ1) is 17.1. The number of hydrogen-bond donors (Lipinski definition) is 2. The minimum atomic E-state index is -0.300. The first-order valence-electron chi connectivity index (χ1n) is 7.32. The lowest BCUT2D eigenvalue weighted by Gasteiger charge is -2.05. The molecule has 7 heteroatoms. The van der Waals surface area contributed by atoms with Crippen molar-refractivity contribution in [1.29, 1.82) is 0 Å². The van der Waals surface area contributed by atoms with Gasteiger partial charge in [-0.15, -0.1) is 11.3 Å². The number of amides is 2. The lowest BCUT2D eigenvalue weighted by atomic mass is 10.2. The van der Waals surface area contributed by atoms with E-state index in [9.17, 15) is 14.0 Å². The number of rotatable bonds is 7. The molecule has 122 valence electrons. The standard InChI is InChI=1S/C16H18FN3O2S/c1-2-7-18-15(22)9-19-14(21)8-13-10-23-16(20-13)11-3-5-12(17)6-4-11/h3-6,10H,2,7-9H2,1H3,(H,18,22)(H,19,21). The molecule has 0 aliphatic rings. The van der Waals surface area contributed by atoms with Crippen LogP contribution in [0.5, 0.6) is 0 Å². The summed E-state index contributed by atoms with van der Waals surface area (Å²) in [7, 11) is 0. The van der Waals surface area contributed by atoms with E-state index in [2.05, 4.69) is 15.6 Å². The van der Waals surface area contributed by atoms with Gasteiger partial charge < -0.3 is 10.6 Å². The molecule has 2 aromatic rings. The van der Waals surface area contributed by atoms with Crippen LogP contribution < -0.4 is 10.6 Å². The molecule has 0 spiro atoms. The summed E-state index contributed by atoms with van der Waals surface area (Å²) in [6.07, 6.45) is 0.962. The molecule has 23 heavy (non-hydrogen) atoms. The maximum absolute atomic E-state index is 12.9. The van der Waals surface area contributed by atoms with Crippen LogP contribution >= 0.6 is 11.3 Å². The zero-order valence-corrected chi connectivity index (χ0v) is 13.6. The monoisotopic (exact) mass is 335 g/mol. The number of benzene rings is 1. The number of nitrogens with one attached hydrogen (secondary N) is 2. The second kappa shape index (κ2) is 8.38. The van der Waals surface area contributed by atoms with Gasteiger partial charge >= 0.3 is 0 Å².